The topological polar surface area (TPSA) is 92.2 Å². The van der Waals surface area contributed by atoms with Crippen LogP contribution in [0.5, 0.6) is 0 Å². The number of hydrogen-bond donors (Lipinski definition) is 2. The molecule has 0 amide bonds. The van der Waals surface area contributed by atoms with Crippen molar-refractivity contribution in [2.45, 2.75) is 13.3 Å². The van der Waals surface area contributed by atoms with Gasteiger partial charge in [-0.2, -0.15) is 27.2 Å². The van der Waals surface area contributed by atoms with Gasteiger partial charge in [-0.05, 0) is 24.6 Å². The van der Waals surface area contributed by atoms with E-state index in [9.17, 15) is 17.2 Å². The first-order chi connectivity index (χ1) is 10.2. The molecule has 0 aliphatic carbocycles. The molecule has 22 heavy (non-hydrogen) atoms. The van der Waals surface area contributed by atoms with Crippen LogP contribution in [-0.2, 0) is 10.1 Å². The van der Waals surface area contributed by atoms with Crippen molar-refractivity contribution in [2.75, 3.05) is 5.32 Å². The summed E-state index contributed by atoms with van der Waals surface area (Å²) in [6, 6.07) is 0. The Balaban J connectivity index is 3.16. The monoisotopic (exact) mass is 351 g/mol. The zero-order valence-electron chi connectivity index (χ0n) is 11.3. The summed E-state index contributed by atoms with van der Waals surface area (Å²) in [4.78, 5) is 5.83. The normalized spacial score (nSPS) is 13.1. The van der Waals surface area contributed by atoms with Crippen LogP contribution < -0.4 is 5.32 Å². The van der Waals surface area contributed by atoms with Crippen LogP contribution >= 0.6 is 11.6 Å². The summed E-state index contributed by atoms with van der Waals surface area (Å²) < 4.78 is 57.2. The maximum absolute atomic E-state index is 13.2. The Labute approximate surface area is 131 Å². The zero-order valence-corrected chi connectivity index (χ0v) is 12.9. The molecule has 1 aromatic heterocycles. The molecule has 6 nitrogen and oxygen atoms in total. The fourth-order valence-corrected chi connectivity index (χ4v) is 2.08. The van der Waals surface area contributed by atoms with Gasteiger partial charge in [0, 0.05) is 5.70 Å². The van der Waals surface area contributed by atoms with Gasteiger partial charge in [0.15, 0.2) is 5.82 Å². The summed E-state index contributed by atoms with van der Waals surface area (Å²) in [6.45, 7) is 4.98. The SMILES string of the molecule is C=C/C(=C\C=C(/CC)S(=O)(=O)O)Nc1nc(F)nc(F)c1Cl. The Bertz CT molecular complexity index is 748. The predicted octanol–water partition coefficient (Wildman–Crippen LogP) is 3.07. The molecule has 0 saturated heterocycles. The van der Waals surface area contributed by atoms with E-state index in [0.29, 0.717) is 0 Å². The molecule has 0 aromatic carbocycles. The molecule has 0 unspecified atom stereocenters. The molecule has 1 rings (SSSR count). The van der Waals surface area contributed by atoms with E-state index >= 15 is 0 Å². The lowest BCUT2D eigenvalue weighted by Crippen LogP contribution is -2.05. The molecule has 0 radical (unpaired) electrons. The second-order valence-corrected chi connectivity index (χ2v) is 5.71. The van der Waals surface area contributed by atoms with E-state index in [1.807, 2.05) is 0 Å². The van der Waals surface area contributed by atoms with Gasteiger partial charge in [-0.1, -0.05) is 25.1 Å². The van der Waals surface area contributed by atoms with E-state index < -0.39 is 27.2 Å². The fraction of sp³-hybridized carbons (Fsp3) is 0.167. The van der Waals surface area contributed by atoms with Crippen LogP contribution in [0.4, 0.5) is 14.6 Å². The third-order valence-electron chi connectivity index (χ3n) is 2.39. The van der Waals surface area contributed by atoms with Crippen molar-refractivity contribution in [3.63, 3.8) is 0 Å². The first-order valence-electron chi connectivity index (χ1n) is 5.85. The Hall–Kier alpha value is -1.84. The van der Waals surface area contributed by atoms with Gasteiger partial charge >= 0.3 is 6.08 Å². The summed E-state index contributed by atoms with van der Waals surface area (Å²) in [5, 5.41) is 1.93. The van der Waals surface area contributed by atoms with Gasteiger partial charge in [0.1, 0.15) is 5.02 Å². The van der Waals surface area contributed by atoms with Crippen molar-refractivity contribution in [3.05, 3.63) is 52.5 Å². The van der Waals surface area contributed by atoms with Crippen molar-refractivity contribution >= 4 is 27.5 Å². The molecule has 120 valence electrons. The van der Waals surface area contributed by atoms with Crippen LogP contribution in [-0.4, -0.2) is 22.9 Å². The molecule has 2 N–H and O–H groups in total. The van der Waals surface area contributed by atoms with Crippen molar-refractivity contribution < 1.29 is 21.8 Å². The van der Waals surface area contributed by atoms with Crippen molar-refractivity contribution in [1.82, 2.24) is 9.97 Å². The summed E-state index contributed by atoms with van der Waals surface area (Å²) in [6.07, 6.45) is 2.31. The zero-order chi connectivity index (χ0) is 16.9. The van der Waals surface area contributed by atoms with Gasteiger partial charge in [-0.15, -0.1) is 0 Å². The highest BCUT2D eigenvalue weighted by Crippen LogP contribution is 2.23. The second kappa shape index (κ2) is 7.43. The molecule has 0 fully saturated rings. The molecule has 10 heteroatoms. The van der Waals surface area contributed by atoms with Crippen molar-refractivity contribution in [3.8, 4) is 0 Å². The molecule has 1 heterocycles. The Morgan fingerprint density at radius 3 is 2.55 bits per heavy atom. The van der Waals surface area contributed by atoms with Crippen LogP contribution in [0.1, 0.15) is 13.3 Å². The highest BCUT2D eigenvalue weighted by atomic mass is 35.5. The molecular weight excluding hydrogens is 340 g/mol. The highest BCUT2D eigenvalue weighted by Gasteiger charge is 2.13. The van der Waals surface area contributed by atoms with Crippen molar-refractivity contribution in [2.24, 2.45) is 0 Å². The summed E-state index contributed by atoms with van der Waals surface area (Å²) >= 11 is 5.59. The van der Waals surface area contributed by atoms with Crippen LogP contribution in [0.3, 0.4) is 0 Å². The maximum Gasteiger partial charge on any atom is 0.313 e. The fourth-order valence-electron chi connectivity index (χ4n) is 1.34. The maximum atomic E-state index is 13.2. The second-order valence-electron chi connectivity index (χ2n) is 3.86. The Kier molecular flexibility index (Phi) is 6.15. The molecule has 0 aliphatic heterocycles. The number of halogens is 3. The quantitative estimate of drug-likeness (QED) is 0.354. The van der Waals surface area contributed by atoms with E-state index in [-0.39, 0.29) is 22.8 Å². The standard InChI is InChI=1S/C12H12ClF2N3O3S/c1-3-7(5-6-8(4-2)22(19,20)21)16-11-9(13)10(14)17-12(15)18-11/h3,5-6H,1,4H2,2H3,(H,16,17,18)(H,19,20,21)/b7-5+,8-6+. The van der Waals surface area contributed by atoms with E-state index in [2.05, 4.69) is 21.9 Å². The number of anilines is 1. The first kappa shape index (κ1) is 18.2. The lowest BCUT2D eigenvalue weighted by molar-refractivity contribution is 0.484. The van der Waals surface area contributed by atoms with Crippen LogP contribution in [0.2, 0.25) is 5.02 Å². The number of nitrogens with zero attached hydrogens (tertiary/aromatic N) is 2. The smallest absolute Gasteiger partial charge is 0.313 e. The minimum atomic E-state index is -4.33. The van der Waals surface area contributed by atoms with E-state index in [1.165, 1.54) is 19.1 Å². The van der Waals surface area contributed by atoms with Crippen LogP contribution in [0.15, 0.2) is 35.4 Å². The molecule has 0 atom stereocenters. The lowest BCUT2D eigenvalue weighted by atomic mass is 10.3. The summed E-state index contributed by atoms with van der Waals surface area (Å²) in [5.74, 6) is -1.60. The van der Waals surface area contributed by atoms with E-state index in [0.717, 1.165) is 6.08 Å². The van der Waals surface area contributed by atoms with E-state index in [4.69, 9.17) is 16.2 Å². The number of rotatable bonds is 6. The lowest BCUT2D eigenvalue weighted by Gasteiger charge is -2.08. The molecule has 1 aromatic rings. The number of aromatic nitrogens is 2. The first-order valence-corrected chi connectivity index (χ1v) is 7.67. The predicted molar refractivity (Wildman–Crippen MR) is 78.8 cm³/mol. The largest absolute Gasteiger partial charge is 0.339 e. The highest BCUT2D eigenvalue weighted by molar-refractivity contribution is 7.89. The Morgan fingerprint density at radius 1 is 1.41 bits per heavy atom. The van der Waals surface area contributed by atoms with Gasteiger partial charge in [0.05, 0.1) is 4.91 Å². The third-order valence-corrected chi connectivity index (χ3v) is 3.82. The number of nitrogens with one attached hydrogen (secondary N) is 1. The third kappa shape index (κ3) is 4.86. The molecule has 0 spiro atoms. The molecule has 0 saturated carbocycles. The molecule has 0 bridgehead atoms. The average Bonchev–Trinajstić information content (AvgIpc) is 2.41. The van der Waals surface area contributed by atoms with E-state index in [1.54, 1.807) is 0 Å². The molecule has 0 aliphatic rings. The van der Waals surface area contributed by atoms with Crippen LogP contribution in [0.25, 0.3) is 0 Å². The van der Waals surface area contributed by atoms with Gasteiger partial charge in [-0.3, -0.25) is 4.55 Å². The average molecular weight is 352 g/mol. The van der Waals surface area contributed by atoms with Crippen molar-refractivity contribution in [1.29, 1.82) is 0 Å². The summed E-state index contributed by atoms with van der Waals surface area (Å²) in [5.41, 5.74) is 0.147. The van der Waals surface area contributed by atoms with Gasteiger partial charge in [-0.25, -0.2) is 0 Å². The molecular formula is C12H12ClF2N3O3S. The minimum absolute atomic E-state index is 0.0529. The van der Waals surface area contributed by atoms with Gasteiger partial charge < -0.3 is 5.32 Å². The van der Waals surface area contributed by atoms with Crippen LogP contribution in [0, 0.1) is 12.0 Å². The Morgan fingerprint density at radius 2 is 2.05 bits per heavy atom. The van der Waals surface area contributed by atoms with Gasteiger partial charge in [0.2, 0.25) is 5.95 Å². The van der Waals surface area contributed by atoms with Gasteiger partial charge in [0.25, 0.3) is 10.1 Å². The number of hydrogen-bond acceptors (Lipinski definition) is 5. The minimum Gasteiger partial charge on any atom is -0.339 e. The number of allylic oxidation sites excluding steroid dienone is 4. The summed E-state index contributed by atoms with van der Waals surface area (Å²) in [7, 11) is -4.33.